The van der Waals surface area contributed by atoms with Crippen LogP contribution in [0, 0.1) is 0 Å². The molecule has 0 radical (unpaired) electrons. The van der Waals surface area contributed by atoms with E-state index in [2.05, 4.69) is 67.8 Å². The fraction of sp³-hybridized carbons (Fsp3) is 0.718. The lowest BCUT2D eigenvalue weighted by Gasteiger charge is -2.25. The number of hydrogen-bond donors (Lipinski definition) is 3. The monoisotopic (exact) mass is 696 g/mol. The molecule has 3 N–H and O–H groups in total. The smallest absolute Gasteiger partial charge is 0.387 e. The van der Waals surface area contributed by atoms with Crippen molar-refractivity contribution in [3.05, 3.63) is 60.8 Å². The maximum absolute atomic E-state index is 12.8. The molecule has 278 valence electrons. The molecule has 0 saturated carbocycles. The van der Waals surface area contributed by atoms with E-state index in [1.807, 2.05) is 27.2 Å². The van der Waals surface area contributed by atoms with Crippen LogP contribution in [0.15, 0.2) is 60.8 Å². The molecular formula is C39H72N2O6P+. The third-order valence-electron chi connectivity index (χ3n) is 7.72. The van der Waals surface area contributed by atoms with E-state index >= 15 is 0 Å². The van der Waals surface area contributed by atoms with E-state index in [0.29, 0.717) is 17.4 Å². The van der Waals surface area contributed by atoms with E-state index in [1.54, 1.807) is 6.08 Å². The zero-order valence-electron chi connectivity index (χ0n) is 31.2. The summed E-state index contributed by atoms with van der Waals surface area (Å²) < 4.78 is 23.4. The van der Waals surface area contributed by atoms with E-state index in [-0.39, 0.29) is 19.1 Å². The van der Waals surface area contributed by atoms with Crippen molar-refractivity contribution in [2.24, 2.45) is 0 Å². The quantitative estimate of drug-likeness (QED) is 0.0280. The minimum absolute atomic E-state index is 0.0508. The summed E-state index contributed by atoms with van der Waals surface area (Å²) in [6, 6.07) is -0.867. The van der Waals surface area contributed by atoms with E-state index in [0.717, 1.165) is 70.6 Å². The largest absolute Gasteiger partial charge is 0.472 e. The number of allylic oxidation sites excluding steroid dienone is 9. The highest BCUT2D eigenvalue weighted by atomic mass is 31.2. The average Bonchev–Trinajstić information content (AvgIpc) is 3.02. The molecule has 0 aliphatic carbocycles. The van der Waals surface area contributed by atoms with Gasteiger partial charge in [-0.2, -0.15) is 0 Å². The number of unbranched alkanes of at least 4 members (excludes halogenated alkanes) is 11. The number of hydrogen-bond acceptors (Lipinski definition) is 5. The van der Waals surface area contributed by atoms with Crippen LogP contribution in [0.2, 0.25) is 0 Å². The summed E-state index contributed by atoms with van der Waals surface area (Å²) >= 11 is 0. The molecule has 0 aliphatic heterocycles. The Bertz CT molecular complexity index is 970. The first-order valence-corrected chi connectivity index (χ1v) is 20.2. The third-order valence-corrected chi connectivity index (χ3v) is 8.71. The van der Waals surface area contributed by atoms with Gasteiger partial charge < -0.3 is 19.8 Å². The van der Waals surface area contributed by atoms with Crippen LogP contribution in [0.4, 0.5) is 0 Å². The molecule has 0 rings (SSSR count). The molecule has 0 fully saturated rings. The number of rotatable bonds is 32. The SMILES string of the molecule is CC/C=C\C/C=C\C/C=C\CCCCCCCCCC(=O)NC(COP(=O)(O)OCC[N+](C)(C)C)C(O)/C=C/CC/C=C/CCCCC. The van der Waals surface area contributed by atoms with E-state index in [1.165, 1.54) is 38.5 Å². The molecule has 0 saturated heterocycles. The summed E-state index contributed by atoms with van der Waals surface area (Å²) in [5, 5.41) is 13.7. The van der Waals surface area contributed by atoms with Gasteiger partial charge in [0.15, 0.2) is 0 Å². The molecule has 0 heterocycles. The van der Waals surface area contributed by atoms with Crippen LogP contribution < -0.4 is 5.32 Å². The van der Waals surface area contributed by atoms with Crippen molar-refractivity contribution in [1.29, 1.82) is 0 Å². The summed E-state index contributed by atoms with van der Waals surface area (Å²) in [5.74, 6) is -0.205. The summed E-state index contributed by atoms with van der Waals surface area (Å²) in [5.41, 5.74) is 0. The lowest BCUT2D eigenvalue weighted by molar-refractivity contribution is -0.870. The Balaban J connectivity index is 4.51. The molecule has 0 aromatic heterocycles. The first-order chi connectivity index (χ1) is 23.0. The normalized spacial score (nSPS) is 15.4. The van der Waals surface area contributed by atoms with Gasteiger partial charge in [0.05, 0.1) is 39.9 Å². The van der Waals surface area contributed by atoms with Crippen molar-refractivity contribution in [2.75, 3.05) is 40.9 Å². The highest BCUT2D eigenvalue weighted by molar-refractivity contribution is 7.47. The number of nitrogens with zero attached hydrogens (tertiary/aromatic N) is 1. The van der Waals surface area contributed by atoms with Crippen LogP contribution in [-0.2, 0) is 18.4 Å². The number of quaternary nitrogens is 1. The van der Waals surface area contributed by atoms with Crippen molar-refractivity contribution in [2.45, 2.75) is 142 Å². The summed E-state index contributed by atoms with van der Waals surface area (Å²) in [4.78, 5) is 22.9. The van der Waals surface area contributed by atoms with Gasteiger partial charge in [0.1, 0.15) is 13.2 Å². The van der Waals surface area contributed by atoms with Crippen LogP contribution in [0.3, 0.4) is 0 Å². The fourth-order valence-corrected chi connectivity index (χ4v) is 5.45. The number of carbonyl (C=O) groups is 1. The van der Waals surface area contributed by atoms with Gasteiger partial charge in [-0.25, -0.2) is 4.57 Å². The predicted octanol–water partition coefficient (Wildman–Crippen LogP) is 9.51. The van der Waals surface area contributed by atoms with Crippen LogP contribution in [0.5, 0.6) is 0 Å². The lowest BCUT2D eigenvalue weighted by atomic mass is 10.1. The van der Waals surface area contributed by atoms with Crippen LogP contribution in [0.1, 0.15) is 129 Å². The molecular weight excluding hydrogens is 623 g/mol. The van der Waals surface area contributed by atoms with Crippen molar-refractivity contribution in [3.63, 3.8) is 0 Å². The van der Waals surface area contributed by atoms with Crippen molar-refractivity contribution >= 4 is 13.7 Å². The third kappa shape index (κ3) is 32.7. The maximum Gasteiger partial charge on any atom is 0.472 e. The molecule has 3 unspecified atom stereocenters. The Morgan fingerprint density at radius 3 is 1.92 bits per heavy atom. The topological polar surface area (TPSA) is 105 Å². The number of aliphatic hydroxyl groups excluding tert-OH is 1. The molecule has 1 amide bonds. The number of likely N-dealkylation sites (N-methyl/N-ethyl adjacent to an activating group) is 1. The molecule has 0 spiro atoms. The molecule has 9 heteroatoms. The second-order valence-electron chi connectivity index (χ2n) is 13.6. The van der Waals surface area contributed by atoms with Gasteiger partial charge in [-0.05, 0) is 64.2 Å². The highest BCUT2D eigenvalue weighted by Gasteiger charge is 2.27. The Kier molecular flexibility index (Phi) is 30.0. The van der Waals surface area contributed by atoms with Gasteiger partial charge in [-0.15, -0.1) is 0 Å². The molecule has 3 atom stereocenters. The van der Waals surface area contributed by atoms with Gasteiger partial charge in [0.2, 0.25) is 5.91 Å². The molecule has 0 aliphatic rings. The maximum atomic E-state index is 12.8. The Morgan fingerprint density at radius 1 is 0.729 bits per heavy atom. The van der Waals surface area contributed by atoms with Crippen LogP contribution >= 0.6 is 7.82 Å². The van der Waals surface area contributed by atoms with Crippen molar-refractivity contribution in [3.8, 4) is 0 Å². The zero-order chi connectivity index (χ0) is 35.8. The van der Waals surface area contributed by atoms with E-state index in [4.69, 9.17) is 9.05 Å². The summed E-state index contributed by atoms with van der Waals surface area (Å²) in [6.07, 6.45) is 38.7. The standard InChI is InChI=1S/C39H71N2O6P/c1-6-8-10-12-14-16-17-18-19-20-21-22-23-25-27-29-31-33-39(43)40-37(36-47-48(44,45)46-35-34-41(3,4)5)38(42)32-30-28-26-24-15-13-11-9-7-2/h8,10,14-16,18-19,24,30,32,37-38,42H,6-7,9,11-13,17,20-23,25-29,31,33-36H2,1-5H3,(H-,40,43,44,45)/p+1/b10-8-,16-14-,19-18-,24-15+,32-30+. The zero-order valence-corrected chi connectivity index (χ0v) is 32.1. The number of nitrogens with one attached hydrogen (secondary N) is 1. The Labute approximate surface area is 294 Å². The minimum Gasteiger partial charge on any atom is -0.387 e. The van der Waals surface area contributed by atoms with Gasteiger partial charge in [0.25, 0.3) is 0 Å². The molecule has 0 aromatic carbocycles. The minimum atomic E-state index is -4.34. The molecule has 48 heavy (non-hydrogen) atoms. The number of amides is 1. The highest BCUT2D eigenvalue weighted by Crippen LogP contribution is 2.43. The van der Waals surface area contributed by atoms with Crippen LogP contribution in [-0.4, -0.2) is 73.4 Å². The number of carbonyl (C=O) groups excluding carboxylic acids is 1. The van der Waals surface area contributed by atoms with Crippen molar-refractivity contribution < 1.29 is 32.9 Å². The van der Waals surface area contributed by atoms with Gasteiger partial charge in [0, 0.05) is 6.42 Å². The van der Waals surface area contributed by atoms with Crippen LogP contribution in [0.25, 0.3) is 0 Å². The van der Waals surface area contributed by atoms with Gasteiger partial charge >= 0.3 is 7.82 Å². The number of aliphatic hydroxyl groups is 1. The summed E-state index contributed by atoms with van der Waals surface area (Å²) in [6.45, 7) is 4.58. The number of phosphoric acid groups is 1. The second kappa shape index (κ2) is 31.2. The molecule has 0 aromatic rings. The van der Waals surface area contributed by atoms with Gasteiger partial charge in [-0.1, -0.05) is 120 Å². The Hall–Kier alpha value is -1.80. The molecule has 8 nitrogen and oxygen atoms in total. The predicted molar refractivity (Wildman–Crippen MR) is 203 cm³/mol. The molecule has 0 bridgehead atoms. The van der Waals surface area contributed by atoms with Crippen molar-refractivity contribution in [1.82, 2.24) is 5.32 Å². The van der Waals surface area contributed by atoms with E-state index < -0.39 is 20.0 Å². The Morgan fingerprint density at radius 2 is 1.27 bits per heavy atom. The summed E-state index contributed by atoms with van der Waals surface area (Å²) in [7, 11) is 1.53. The lowest BCUT2D eigenvalue weighted by Crippen LogP contribution is -2.45. The second-order valence-corrected chi connectivity index (χ2v) is 15.0. The fourth-order valence-electron chi connectivity index (χ4n) is 4.71. The van der Waals surface area contributed by atoms with E-state index in [9.17, 15) is 19.4 Å². The van der Waals surface area contributed by atoms with Gasteiger partial charge in [-0.3, -0.25) is 13.8 Å². The average molecular weight is 696 g/mol. The first kappa shape index (κ1) is 46.2. The first-order valence-electron chi connectivity index (χ1n) is 18.7. The number of phosphoric ester groups is 1.